The number of anilines is 1. The van der Waals surface area contributed by atoms with Crippen LogP contribution < -0.4 is 10.2 Å². The Labute approximate surface area is 157 Å². The van der Waals surface area contributed by atoms with E-state index in [-0.39, 0.29) is 11.8 Å². The van der Waals surface area contributed by atoms with Crippen molar-refractivity contribution in [1.82, 2.24) is 10.3 Å². The highest BCUT2D eigenvalue weighted by Crippen LogP contribution is 2.37. The van der Waals surface area contributed by atoms with Crippen LogP contribution in [-0.4, -0.2) is 30.5 Å². The third-order valence-corrected chi connectivity index (χ3v) is 6.53. The molecule has 1 N–H and O–H groups in total. The van der Waals surface area contributed by atoms with E-state index in [1.165, 1.54) is 12.8 Å². The van der Waals surface area contributed by atoms with E-state index in [0.29, 0.717) is 5.92 Å². The summed E-state index contributed by atoms with van der Waals surface area (Å²) in [6, 6.07) is 3.90. The second-order valence-corrected chi connectivity index (χ2v) is 8.76. The number of nitrogens with zero attached hydrogens (tertiary/aromatic N) is 2. The average Bonchev–Trinajstić information content (AvgIpc) is 3.36. The average molecular weight is 378 g/mol. The van der Waals surface area contributed by atoms with Crippen LogP contribution >= 0.6 is 22.9 Å². The summed E-state index contributed by atoms with van der Waals surface area (Å²) in [6.45, 7) is 5.01. The van der Waals surface area contributed by atoms with Crippen LogP contribution in [0.4, 0.5) is 5.13 Å². The molecule has 25 heavy (non-hydrogen) atoms. The number of carbonyl (C=O) groups is 1. The SMILES string of the molecule is Cc1cc(Cl)cc2sc(N(CCC3CCNCC3)C(=O)C3CC3)nc12. The summed E-state index contributed by atoms with van der Waals surface area (Å²) < 4.78 is 1.07. The first-order valence-corrected chi connectivity index (χ1v) is 10.4. The molecule has 4 rings (SSSR count). The van der Waals surface area contributed by atoms with Crippen LogP contribution in [0.25, 0.3) is 10.2 Å². The van der Waals surface area contributed by atoms with Gasteiger partial charge in [0.05, 0.1) is 10.2 Å². The van der Waals surface area contributed by atoms with E-state index in [4.69, 9.17) is 16.6 Å². The molecule has 0 bridgehead atoms. The van der Waals surface area contributed by atoms with Gasteiger partial charge in [0.25, 0.3) is 0 Å². The fraction of sp³-hybridized carbons (Fsp3) is 0.579. The minimum atomic E-state index is 0.213. The van der Waals surface area contributed by atoms with Crippen LogP contribution in [0.3, 0.4) is 0 Å². The topological polar surface area (TPSA) is 45.2 Å². The van der Waals surface area contributed by atoms with Crippen LogP contribution in [0.15, 0.2) is 12.1 Å². The largest absolute Gasteiger partial charge is 0.317 e. The van der Waals surface area contributed by atoms with Gasteiger partial charge in [0.2, 0.25) is 5.91 Å². The van der Waals surface area contributed by atoms with Crippen LogP contribution in [-0.2, 0) is 4.79 Å². The lowest BCUT2D eigenvalue weighted by atomic mass is 9.94. The number of carbonyl (C=O) groups excluding carboxylic acids is 1. The molecule has 2 aliphatic rings. The van der Waals surface area contributed by atoms with E-state index in [0.717, 1.165) is 64.8 Å². The van der Waals surface area contributed by atoms with Gasteiger partial charge in [0.15, 0.2) is 5.13 Å². The Balaban J connectivity index is 1.58. The zero-order chi connectivity index (χ0) is 17.4. The number of hydrogen-bond acceptors (Lipinski definition) is 4. The van der Waals surface area contributed by atoms with E-state index in [9.17, 15) is 4.79 Å². The summed E-state index contributed by atoms with van der Waals surface area (Å²) in [4.78, 5) is 19.6. The van der Waals surface area contributed by atoms with E-state index < -0.39 is 0 Å². The van der Waals surface area contributed by atoms with E-state index in [1.807, 2.05) is 24.0 Å². The van der Waals surface area contributed by atoms with Gasteiger partial charge in [-0.15, -0.1) is 0 Å². The molecule has 0 atom stereocenters. The minimum Gasteiger partial charge on any atom is -0.317 e. The van der Waals surface area contributed by atoms with E-state index in [1.54, 1.807) is 11.3 Å². The molecule has 4 nitrogen and oxygen atoms in total. The van der Waals surface area contributed by atoms with Gasteiger partial charge < -0.3 is 5.32 Å². The van der Waals surface area contributed by atoms with E-state index >= 15 is 0 Å². The second kappa shape index (κ2) is 7.22. The maximum Gasteiger partial charge on any atom is 0.231 e. The summed E-state index contributed by atoms with van der Waals surface area (Å²) in [5.74, 6) is 1.18. The zero-order valence-electron chi connectivity index (χ0n) is 14.6. The zero-order valence-corrected chi connectivity index (χ0v) is 16.1. The highest BCUT2D eigenvalue weighted by Gasteiger charge is 2.35. The molecular formula is C19H24ClN3OS. The molecule has 6 heteroatoms. The molecule has 1 aliphatic carbocycles. The quantitative estimate of drug-likeness (QED) is 0.840. The number of hydrogen-bond donors (Lipinski definition) is 1. The molecule has 0 unspecified atom stereocenters. The van der Waals surface area contributed by atoms with Crippen molar-refractivity contribution in [3.63, 3.8) is 0 Å². The lowest BCUT2D eigenvalue weighted by Gasteiger charge is -2.26. The number of benzene rings is 1. The maximum atomic E-state index is 12.9. The minimum absolute atomic E-state index is 0.213. The number of rotatable bonds is 5. The first-order chi connectivity index (χ1) is 12.1. The fourth-order valence-corrected chi connectivity index (χ4v) is 5.04. The van der Waals surface area contributed by atoms with Crippen LogP contribution in [0.1, 0.15) is 37.7 Å². The van der Waals surface area contributed by atoms with Gasteiger partial charge in [-0.3, -0.25) is 9.69 Å². The number of halogens is 1. The number of aromatic nitrogens is 1. The van der Waals surface area contributed by atoms with Gasteiger partial charge >= 0.3 is 0 Å². The fourth-order valence-electron chi connectivity index (χ4n) is 3.59. The summed E-state index contributed by atoms with van der Waals surface area (Å²) in [5.41, 5.74) is 2.04. The Kier molecular flexibility index (Phi) is 4.98. The third kappa shape index (κ3) is 3.83. The molecule has 134 valence electrons. The van der Waals surface area contributed by atoms with Gasteiger partial charge in [0, 0.05) is 17.5 Å². The van der Waals surface area contributed by atoms with Gasteiger partial charge in [0.1, 0.15) is 0 Å². The molecule has 1 amide bonds. The van der Waals surface area contributed by atoms with Crippen molar-refractivity contribution in [2.24, 2.45) is 11.8 Å². The monoisotopic (exact) mass is 377 g/mol. The van der Waals surface area contributed by atoms with Gasteiger partial charge in [-0.2, -0.15) is 0 Å². The summed E-state index contributed by atoms with van der Waals surface area (Å²) in [5, 5.41) is 4.98. The van der Waals surface area contributed by atoms with Crippen molar-refractivity contribution in [1.29, 1.82) is 0 Å². The Morgan fingerprint density at radius 3 is 2.80 bits per heavy atom. The molecule has 0 spiro atoms. The molecule has 2 aromatic rings. The Bertz CT molecular complexity index is 780. The van der Waals surface area contributed by atoms with E-state index in [2.05, 4.69) is 5.32 Å². The number of thiazole rings is 1. The number of fused-ring (bicyclic) bond motifs is 1. The van der Waals surface area contributed by atoms with Crippen molar-refractivity contribution in [2.45, 2.75) is 39.0 Å². The molecule has 2 fully saturated rings. The molecule has 1 aromatic heterocycles. The smallest absolute Gasteiger partial charge is 0.231 e. The molecular weight excluding hydrogens is 354 g/mol. The molecule has 1 aliphatic heterocycles. The van der Waals surface area contributed by atoms with Crippen LogP contribution in [0.2, 0.25) is 5.02 Å². The second-order valence-electron chi connectivity index (χ2n) is 7.31. The molecule has 1 saturated heterocycles. The predicted molar refractivity (Wildman–Crippen MR) is 105 cm³/mol. The number of nitrogens with one attached hydrogen (secondary N) is 1. The van der Waals surface area contributed by atoms with Crippen molar-refractivity contribution in [3.8, 4) is 0 Å². The Morgan fingerprint density at radius 2 is 2.08 bits per heavy atom. The van der Waals surface area contributed by atoms with Gasteiger partial charge in [-0.1, -0.05) is 22.9 Å². The van der Waals surface area contributed by atoms with Gasteiger partial charge in [-0.05, 0) is 75.7 Å². The van der Waals surface area contributed by atoms with Crippen LogP contribution in [0, 0.1) is 18.8 Å². The highest BCUT2D eigenvalue weighted by molar-refractivity contribution is 7.22. The standard InChI is InChI=1S/C19H24ClN3OS/c1-12-10-15(20)11-16-17(12)22-19(25-16)23(18(24)14-2-3-14)9-6-13-4-7-21-8-5-13/h10-11,13-14,21H,2-9H2,1H3. The normalized spacial score (nSPS) is 18.6. The van der Waals surface area contributed by atoms with Crippen molar-refractivity contribution in [2.75, 3.05) is 24.5 Å². The van der Waals surface area contributed by atoms with Crippen molar-refractivity contribution >= 4 is 44.2 Å². The molecule has 0 radical (unpaired) electrons. The summed E-state index contributed by atoms with van der Waals surface area (Å²) in [7, 11) is 0. The first-order valence-electron chi connectivity index (χ1n) is 9.20. The third-order valence-electron chi connectivity index (χ3n) is 5.28. The summed E-state index contributed by atoms with van der Waals surface area (Å²) >= 11 is 7.78. The van der Waals surface area contributed by atoms with Gasteiger partial charge in [-0.25, -0.2) is 4.98 Å². The molecule has 1 aromatic carbocycles. The molecule has 1 saturated carbocycles. The highest BCUT2D eigenvalue weighted by atomic mass is 35.5. The lowest BCUT2D eigenvalue weighted by Crippen LogP contribution is -2.35. The summed E-state index contributed by atoms with van der Waals surface area (Å²) in [6.07, 6.45) is 5.53. The number of aryl methyl sites for hydroxylation is 1. The maximum absolute atomic E-state index is 12.9. The van der Waals surface area contributed by atoms with Crippen molar-refractivity contribution in [3.05, 3.63) is 22.7 Å². The Morgan fingerprint density at radius 1 is 1.32 bits per heavy atom. The lowest BCUT2D eigenvalue weighted by molar-refractivity contribution is -0.119. The van der Waals surface area contributed by atoms with Crippen LogP contribution in [0.5, 0.6) is 0 Å². The Hall–Kier alpha value is -1.17. The van der Waals surface area contributed by atoms with Crippen molar-refractivity contribution < 1.29 is 4.79 Å². The number of amides is 1. The first kappa shape index (κ1) is 17.3. The molecule has 2 heterocycles. The predicted octanol–water partition coefficient (Wildman–Crippen LogP) is 4.39. The number of piperidine rings is 1.